The number of benzene rings is 2. The molecular formula is C15H14BrFN2O. The summed E-state index contributed by atoms with van der Waals surface area (Å²) in [6, 6.07) is 13.9. The molecule has 2 aromatic carbocycles. The number of carbonyl (C=O) groups is 1. The van der Waals surface area contributed by atoms with Gasteiger partial charge in [-0.2, -0.15) is 0 Å². The van der Waals surface area contributed by atoms with Gasteiger partial charge in [-0.05, 0) is 30.3 Å². The monoisotopic (exact) mass is 336 g/mol. The first-order chi connectivity index (χ1) is 9.65. The largest absolute Gasteiger partial charge is 0.376 e. The Hall–Kier alpha value is -1.88. The van der Waals surface area contributed by atoms with Gasteiger partial charge in [-0.3, -0.25) is 4.79 Å². The molecule has 0 aliphatic heterocycles. The number of rotatable bonds is 5. The van der Waals surface area contributed by atoms with E-state index in [1.807, 2.05) is 24.3 Å². The van der Waals surface area contributed by atoms with Gasteiger partial charge in [0.2, 0.25) is 5.91 Å². The fourth-order valence-corrected chi connectivity index (χ4v) is 1.91. The molecule has 1 amide bonds. The summed E-state index contributed by atoms with van der Waals surface area (Å²) in [6.45, 7) is 0.337. The van der Waals surface area contributed by atoms with Gasteiger partial charge in [0.15, 0.2) is 0 Å². The van der Waals surface area contributed by atoms with Crippen LogP contribution in [0.5, 0.6) is 0 Å². The molecule has 0 bridgehead atoms. The molecule has 20 heavy (non-hydrogen) atoms. The number of carbonyl (C=O) groups excluding carboxylic acids is 1. The van der Waals surface area contributed by atoms with Gasteiger partial charge in [0.1, 0.15) is 5.82 Å². The van der Waals surface area contributed by atoms with Crippen molar-refractivity contribution in [2.24, 2.45) is 0 Å². The Morgan fingerprint density at radius 1 is 1.10 bits per heavy atom. The highest BCUT2D eigenvalue weighted by Crippen LogP contribution is 2.13. The Bertz CT molecular complexity index is 587. The third-order valence-corrected chi connectivity index (χ3v) is 3.26. The maximum atomic E-state index is 13.4. The van der Waals surface area contributed by atoms with Gasteiger partial charge in [-0.25, -0.2) is 4.39 Å². The third-order valence-electron chi connectivity index (χ3n) is 2.73. The molecule has 0 spiro atoms. The molecule has 0 aliphatic carbocycles. The van der Waals surface area contributed by atoms with Gasteiger partial charge in [0.25, 0.3) is 0 Å². The Labute approximate surface area is 125 Å². The highest BCUT2D eigenvalue weighted by molar-refractivity contribution is 9.10. The fraction of sp³-hybridized carbons (Fsp3) is 0.133. The SMILES string of the molecule is O=C(CNc1ccc(Br)cc1)NCc1ccccc1F. The van der Waals surface area contributed by atoms with Gasteiger partial charge in [-0.15, -0.1) is 0 Å². The van der Waals surface area contributed by atoms with Crippen LogP contribution in [0, 0.1) is 5.82 Å². The molecule has 0 saturated carbocycles. The van der Waals surface area contributed by atoms with Crippen LogP contribution in [0.15, 0.2) is 53.0 Å². The predicted molar refractivity (Wildman–Crippen MR) is 80.9 cm³/mol. The van der Waals surface area contributed by atoms with Crippen molar-refractivity contribution in [3.63, 3.8) is 0 Å². The van der Waals surface area contributed by atoms with Gasteiger partial charge in [0, 0.05) is 22.3 Å². The van der Waals surface area contributed by atoms with E-state index in [9.17, 15) is 9.18 Å². The molecule has 2 N–H and O–H groups in total. The van der Waals surface area contributed by atoms with Crippen molar-refractivity contribution in [1.82, 2.24) is 5.32 Å². The van der Waals surface area contributed by atoms with Gasteiger partial charge in [-0.1, -0.05) is 34.1 Å². The minimum Gasteiger partial charge on any atom is -0.376 e. The van der Waals surface area contributed by atoms with Crippen molar-refractivity contribution < 1.29 is 9.18 Å². The smallest absolute Gasteiger partial charge is 0.239 e. The van der Waals surface area contributed by atoms with Crippen molar-refractivity contribution in [3.05, 3.63) is 64.4 Å². The predicted octanol–water partition coefficient (Wildman–Crippen LogP) is 3.32. The van der Waals surface area contributed by atoms with Crippen LogP contribution in [0.3, 0.4) is 0 Å². The zero-order chi connectivity index (χ0) is 14.4. The van der Waals surface area contributed by atoms with Gasteiger partial charge < -0.3 is 10.6 Å². The normalized spacial score (nSPS) is 10.1. The standard InChI is InChI=1S/C15H14BrFN2O/c16-12-5-7-13(8-6-12)18-10-15(20)19-9-11-3-1-2-4-14(11)17/h1-8,18H,9-10H2,(H,19,20). The highest BCUT2D eigenvalue weighted by atomic mass is 79.9. The first-order valence-corrected chi connectivity index (χ1v) is 6.94. The molecular weight excluding hydrogens is 323 g/mol. The molecule has 0 atom stereocenters. The van der Waals surface area contributed by atoms with E-state index in [-0.39, 0.29) is 24.8 Å². The Balaban J connectivity index is 1.78. The Morgan fingerprint density at radius 3 is 2.50 bits per heavy atom. The second-order valence-corrected chi connectivity index (χ2v) is 5.14. The van der Waals surface area contributed by atoms with Gasteiger partial charge >= 0.3 is 0 Å². The second-order valence-electron chi connectivity index (χ2n) is 4.23. The molecule has 5 heteroatoms. The lowest BCUT2D eigenvalue weighted by Gasteiger charge is -2.08. The summed E-state index contributed by atoms with van der Waals surface area (Å²) in [5, 5.41) is 5.67. The van der Waals surface area contributed by atoms with E-state index < -0.39 is 0 Å². The summed E-state index contributed by atoms with van der Waals surface area (Å²) >= 11 is 3.34. The molecule has 0 aliphatic rings. The molecule has 0 fully saturated rings. The highest BCUT2D eigenvalue weighted by Gasteiger charge is 2.04. The zero-order valence-electron chi connectivity index (χ0n) is 10.7. The lowest BCUT2D eigenvalue weighted by Crippen LogP contribution is -2.29. The lowest BCUT2D eigenvalue weighted by atomic mass is 10.2. The summed E-state index contributed by atoms with van der Waals surface area (Å²) in [5.41, 5.74) is 1.33. The van der Waals surface area contributed by atoms with Crippen molar-refractivity contribution in [3.8, 4) is 0 Å². The van der Waals surface area contributed by atoms with Crippen molar-refractivity contribution in [1.29, 1.82) is 0 Å². The fourth-order valence-electron chi connectivity index (χ4n) is 1.65. The van der Waals surface area contributed by atoms with E-state index in [2.05, 4.69) is 26.6 Å². The van der Waals surface area contributed by atoms with E-state index in [1.54, 1.807) is 18.2 Å². The summed E-state index contributed by atoms with van der Waals surface area (Å²) in [7, 11) is 0. The minimum atomic E-state index is -0.311. The van der Waals surface area contributed by atoms with Crippen LogP contribution in [0.4, 0.5) is 10.1 Å². The molecule has 104 valence electrons. The van der Waals surface area contributed by atoms with E-state index in [0.29, 0.717) is 5.56 Å². The molecule has 0 heterocycles. The van der Waals surface area contributed by atoms with Gasteiger partial charge in [0.05, 0.1) is 6.54 Å². The maximum absolute atomic E-state index is 13.4. The van der Waals surface area contributed by atoms with Crippen LogP contribution in [-0.2, 0) is 11.3 Å². The topological polar surface area (TPSA) is 41.1 Å². The number of anilines is 1. The molecule has 2 rings (SSSR count). The van der Waals surface area contributed by atoms with Crippen molar-refractivity contribution in [2.45, 2.75) is 6.54 Å². The van der Waals surface area contributed by atoms with Crippen LogP contribution >= 0.6 is 15.9 Å². The number of halogens is 2. The average Bonchev–Trinajstić information content (AvgIpc) is 2.46. The lowest BCUT2D eigenvalue weighted by molar-refractivity contribution is -0.119. The Kier molecular flexibility index (Phi) is 5.12. The van der Waals surface area contributed by atoms with Crippen LogP contribution < -0.4 is 10.6 Å². The summed E-state index contributed by atoms with van der Waals surface area (Å²) in [6.07, 6.45) is 0. The number of nitrogens with one attached hydrogen (secondary N) is 2. The van der Waals surface area contributed by atoms with Crippen molar-refractivity contribution >= 4 is 27.5 Å². The van der Waals surface area contributed by atoms with E-state index in [4.69, 9.17) is 0 Å². The first kappa shape index (κ1) is 14.5. The minimum absolute atomic E-state index is 0.149. The van der Waals surface area contributed by atoms with Crippen LogP contribution in [0.2, 0.25) is 0 Å². The third kappa shape index (κ3) is 4.35. The molecule has 0 aromatic heterocycles. The first-order valence-electron chi connectivity index (χ1n) is 6.15. The molecule has 0 radical (unpaired) electrons. The van der Waals surface area contributed by atoms with E-state index in [1.165, 1.54) is 6.07 Å². The molecule has 3 nitrogen and oxygen atoms in total. The summed E-state index contributed by atoms with van der Waals surface area (Å²) in [4.78, 5) is 11.7. The maximum Gasteiger partial charge on any atom is 0.239 e. The summed E-state index contributed by atoms with van der Waals surface area (Å²) < 4.78 is 14.3. The number of hydrogen-bond acceptors (Lipinski definition) is 2. The zero-order valence-corrected chi connectivity index (χ0v) is 12.3. The average molecular weight is 337 g/mol. The van der Waals surface area contributed by atoms with E-state index in [0.717, 1.165) is 10.2 Å². The van der Waals surface area contributed by atoms with E-state index >= 15 is 0 Å². The van der Waals surface area contributed by atoms with Crippen molar-refractivity contribution in [2.75, 3.05) is 11.9 Å². The summed E-state index contributed by atoms with van der Waals surface area (Å²) in [5.74, 6) is -0.496. The van der Waals surface area contributed by atoms with Crippen LogP contribution in [0.1, 0.15) is 5.56 Å². The molecule has 2 aromatic rings. The number of hydrogen-bond donors (Lipinski definition) is 2. The van der Waals surface area contributed by atoms with Crippen LogP contribution in [-0.4, -0.2) is 12.5 Å². The molecule has 0 saturated heterocycles. The molecule has 0 unspecified atom stereocenters. The second kappa shape index (κ2) is 7.05. The Morgan fingerprint density at radius 2 is 1.80 bits per heavy atom. The number of amides is 1. The van der Waals surface area contributed by atoms with Crippen LogP contribution in [0.25, 0.3) is 0 Å². The quantitative estimate of drug-likeness (QED) is 0.879.